The van der Waals surface area contributed by atoms with Crippen molar-refractivity contribution in [1.29, 1.82) is 0 Å². The molecule has 0 bridgehead atoms. The molecule has 0 amide bonds. The smallest absolute Gasteiger partial charge is 0.256 e. The molecule has 148 valence electrons. The molecular formula is C21H26ClN5O. The molecule has 1 aromatic heterocycles. The standard InChI is InChI=1S/C21H25N5O.ClH/c22-13-12-15-8-10-17(11-9-15)24-14-4-7-18-19(16-5-2-1-3-6-16)25-21(23)26-20(18)27;/h1-3,5-6,8-11,24H,4,7,12-14,22H2,(H3,23,25,26,27);1H. The first-order valence-electron chi connectivity index (χ1n) is 9.14. The Morgan fingerprint density at radius 1 is 1.00 bits per heavy atom. The Bertz CT molecular complexity index is 926. The van der Waals surface area contributed by atoms with E-state index in [1.54, 1.807) is 0 Å². The fourth-order valence-electron chi connectivity index (χ4n) is 3.04. The van der Waals surface area contributed by atoms with Gasteiger partial charge in [-0.25, -0.2) is 4.98 Å². The number of nitrogens with zero attached hydrogens (tertiary/aromatic N) is 1. The van der Waals surface area contributed by atoms with Crippen LogP contribution in [0.5, 0.6) is 0 Å². The van der Waals surface area contributed by atoms with Crippen molar-refractivity contribution in [2.45, 2.75) is 19.3 Å². The van der Waals surface area contributed by atoms with Crippen LogP contribution in [-0.2, 0) is 12.8 Å². The molecule has 0 radical (unpaired) electrons. The molecule has 0 aliphatic heterocycles. The minimum atomic E-state index is -0.174. The molecule has 0 saturated carbocycles. The summed E-state index contributed by atoms with van der Waals surface area (Å²) >= 11 is 0. The van der Waals surface area contributed by atoms with E-state index in [-0.39, 0.29) is 23.9 Å². The fraction of sp³-hybridized carbons (Fsp3) is 0.238. The van der Waals surface area contributed by atoms with E-state index in [1.807, 2.05) is 30.3 Å². The van der Waals surface area contributed by atoms with E-state index in [4.69, 9.17) is 11.5 Å². The number of nitrogen functional groups attached to an aromatic ring is 1. The average molecular weight is 400 g/mol. The Morgan fingerprint density at radius 3 is 2.39 bits per heavy atom. The summed E-state index contributed by atoms with van der Waals surface area (Å²) in [5.41, 5.74) is 15.6. The average Bonchev–Trinajstić information content (AvgIpc) is 2.68. The predicted molar refractivity (Wildman–Crippen MR) is 118 cm³/mol. The fourth-order valence-corrected chi connectivity index (χ4v) is 3.04. The highest BCUT2D eigenvalue weighted by Gasteiger charge is 2.12. The number of rotatable bonds is 8. The second-order valence-electron chi connectivity index (χ2n) is 6.41. The number of H-pyrrole nitrogens is 1. The third-order valence-corrected chi connectivity index (χ3v) is 4.40. The number of aromatic amines is 1. The van der Waals surface area contributed by atoms with Gasteiger partial charge in [0.1, 0.15) is 0 Å². The summed E-state index contributed by atoms with van der Waals surface area (Å²) < 4.78 is 0. The van der Waals surface area contributed by atoms with Gasteiger partial charge in [-0.15, -0.1) is 12.4 Å². The second-order valence-corrected chi connectivity index (χ2v) is 6.41. The highest BCUT2D eigenvalue weighted by molar-refractivity contribution is 5.85. The number of aromatic nitrogens is 2. The van der Waals surface area contributed by atoms with Crippen LogP contribution in [0.1, 0.15) is 17.5 Å². The minimum Gasteiger partial charge on any atom is -0.385 e. The Morgan fingerprint density at radius 2 is 1.71 bits per heavy atom. The number of hydrogen-bond donors (Lipinski definition) is 4. The molecule has 0 atom stereocenters. The molecule has 0 aliphatic carbocycles. The van der Waals surface area contributed by atoms with Gasteiger partial charge in [0, 0.05) is 23.4 Å². The van der Waals surface area contributed by atoms with Gasteiger partial charge in [0.25, 0.3) is 5.56 Å². The lowest BCUT2D eigenvalue weighted by molar-refractivity contribution is 0.844. The first-order chi connectivity index (χ1) is 13.2. The van der Waals surface area contributed by atoms with E-state index >= 15 is 0 Å². The maximum absolute atomic E-state index is 12.4. The van der Waals surface area contributed by atoms with Crippen molar-refractivity contribution in [3.05, 3.63) is 76.1 Å². The summed E-state index contributed by atoms with van der Waals surface area (Å²) in [6.45, 7) is 1.41. The van der Waals surface area contributed by atoms with E-state index in [9.17, 15) is 4.79 Å². The minimum absolute atomic E-state index is 0. The van der Waals surface area contributed by atoms with Gasteiger partial charge in [0.05, 0.1) is 5.69 Å². The van der Waals surface area contributed by atoms with Crippen molar-refractivity contribution in [3.8, 4) is 11.3 Å². The van der Waals surface area contributed by atoms with Crippen molar-refractivity contribution in [2.24, 2.45) is 5.73 Å². The van der Waals surface area contributed by atoms with Gasteiger partial charge in [0.2, 0.25) is 5.95 Å². The lowest BCUT2D eigenvalue weighted by atomic mass is 10.0. The third-order valence-electron chi connectivity index (χ3n) is 4.40. The first kappa shape index (κ1) is 21.5. The molecule has 6 nitrogen and oxygen atoms in total. The Hall–Kier alpha value is -2.83. The number of hydrogen-bond acceptors (Lipinski definition) is 5. The Balaban J connectivity index is 0.00000280. The lowest BCUT2D eigenvalue weighted by Gasteiger charge is -2.10. The molecule has 7 heteroatoms. The van der Waals surface area contributed by atoms with Gasteiger partial charge in [-0.2, -0.15) is 0 Å². The van der Waals surface area contributed by atoms with Crippen LogP contribution in [0, 0.1) is 0 Å². The van der Waals surface area contributed by atoms with Gasteiger partial charge >= 0.3 is 0 Å². The summed E-state index contributed by atoms with van der Waals surface area (Å²) in [5.74, 6) is 0.137. The van der Waals surface area contributed by atoms with E-state index < -0.39 is 0 Å². The summed E-state index contributed by atoms with van der Waals surface area (Å²) in [7, 11) is 0. The molecule has 6 N–H and O–H groups in total. The van der Waals surface area contributed by atoms with E-state index in [2.05, 4.69) is 39.6 Å². The van der Waals surface area contributed by atoms with Crippen LogP contribution >= 0.6 is 12.4 Å². The third kappa shape index (κ3) is 5.58. The van der Waals surface area contributed by atoms with Gasteiger partial charge in [-0.05, 0) is 43.5 Å². The molecular weight excluding hydrogens is 374 g/mol. The van der Waals surface area contributed by atoms with Crippen molar-refractivity contribution in [3.63, 3.8) is 0 Å². The summed E-state index contributed by atoms with van der Waals surface area (Å²) in [4.78, 5) is 19.4. The highest BCUT2D eigenvalue weighted by atomic mass is 35.5. The quantitative estimate of drug-likeness (QED) is 0.435. The number of nitrogens with two attached hydrogens (primary N) is 2. The van der Waals surface area contributed by atoms with Crippen LogP contribution in [0.15, 0.2) is 59.4 Å². The van der Waals surface area contributed by atoms with Gasteiger partial charge in [0.15, 0.2) is 0 Å². The molecule has 3 rings (SSSR count). The van der Waals surface area contributed by atoms with Gasteiger partial charge < -0.3 is 16.8 Å². The van der Waals surface area contributed by atoms with Crippen molar-refractivity contribution < 1.29 is 0 Å². The van der Waals surface area contributed by atoms with Gasteiger partial charge in [-0.1, -0.05) is 42.5 Å². The molecule has 0 unspecified atom stereocenters. The predicted octanol–water partition coefficient (Wildman–Crippen LogP) is 2.99. The molecule has 3 aromatic rings. The molecule has 0 spiro atoms. The zero-order chi connectivity index (χ0) is 19.1. The maximum atomic E-state index is 12.4. The van der Waals surface area contributed by atoms with Crippen LogP contribution in [0.4, 0.5) is 11.6 Å². The first-order valence-corrected chi connectivity index (χ1v) is 9.14. The summed E-state index contributed by atoms with van der Waals surface area (Å²) in [6.07, 6.45) is 2.31. The monoisotopic (exact) mass is 399 g/mol. The second kappa shape index (κ2) is 10.5. The number of halogens is 1. The molecule has 1 heterocycles. The normalized spacial score (nSPS) is 10.3. The zero-order valence-electron chi connectivity index (χ0n) is 15.7. The molecule has 28 heavy (non-hydrogen) atoms. The van der Waals surface area contributed by atoms with Crippen molar-refractivity contribution in [1.82, 2.24) is 9.97 Å². The topological polar surface area (TPSA) is 110 Å². The van der Waals surface area contributed by atoms with E-state index in [1.165, 1.54) is 5.56 Å². The number of anilines is 2. The Labute approximate surface area is 170 Å². The molecule has 0 aliphatic rings. The van der Waals surface area contributed by atoms with Crippen molar-refractivity contribution >= 4 is 24.0 Å². The molecule has 2 aromatic carbocycles. The molecule has 0 saturated heterocycles. The van der Waals surface area contributed by atoms with Crippen LogP contribution < -0.4 is 22.3 Å². The highest BCUT2D eigenvalue weighted by Crippen LogP contribution is 2.20. The van der Waals surface area contributed by atoms with E-state index in [0.29, 0.717) is 24.2 Å². The van der Waals surface area contributed by atoms with Crippen LogP contribution in [0.3, 0.4) is 0 Å². The molecule has 0 fully saturated rings. The van der Waals surface area contributed by atoms with Crippen LogP contribution in [0.2, 0.25) is 0 Å². The van der Waals surface area contributed by atoms with Crippen molar-refractivity contribution in [2.75, 3.05) is 24.1 Å². The summed E-state index contributed by atoms with van der Waals surface area (Å²) in [5, 5.41) is 3.39. The van der Waals surface area contributed by atoms with Crippen LogP contribution in [-0.4, -0.2) is 23.1 Å². The van der Waals surface area contributed by atoms with Crippen LogP contribution in [0.25, 0.3) is 11.3 Å². The SMILES string of the molecule is Cl.NCCc1ccc(NCCCc2c(-c3ccccc3)nc(N)[nH]c2=O)cc1. The summed E-state index contributed by atoms with van der Waals surface area (Å²) in [6, 6.07) is 17.9. The Kier molecular flexibility index (Phi) is 8.04. The van der Waals surface area contributed by atoms with Gasteiger partial charge in [-0.3, -0.25) is 9.78 Å². The maximum Gasteiger partial charge on any atom is 0.256 e. The number of nitrogens with one attached hydrogen (secondary N) is 2. The largest absolute Gasteiger partial charge is 0.385 e. The lowest BCUT2D eigenvalue weighted by Crippen LogP contribution is -2.19. The van der Waals surface area contributed by atoms with E-state index in [0.717, 1.165) is 30.6 Å². The zero-order valence-corrected chi connectivity index (χ0v) is 16.5. The number of benzene rings is 2.